The van der Waals surface area contributed by atoms with Gasteiger partial charge in [-0.1, -0.05) is 6.07 Å². The van der Waals surface area contributed by atoms with Gasteiger partial charge in [0.05, 0.1) is 4.47 Å². The fraction of sp³-hybridized carbons (Fsp3) is 0.200. The van der Waals surface area contributed by atoms with Crippen LogP contribution in [-0.2, 0) is 0 Å². The molecule has 2 rings (SSSR count). The highest BCUT2D eigenvalue weighted by atomic mass is 79.9. The Morgan fingerprint density at radius 3 is 2.58 bits per heavy atom. The highest BCUT2D eigenvalue weighted by Gasteiger charge is 2.00. The van der Waals surface area contributed by atoms with Crippen molar-refractivity contribution in [2.45, 2.75) is 6.92 Å². The van der Waals surface area contributed by atoms with E-state index in [4.69, 9.17) is 4.74 Å². The van der Waals surface area contributed by atoms with Gasteiger partial charge >= 0.3 is 0 Å². The molecule has 0 saturated carbocycles. The summed E-state index contributed by atoms with van der Waals surface area (Å²) >= 11 is 3.47. The molecule has 2 nitrogen and oxygen atoms in total. The third kappa shape index (κ3) is 4.24. The SMILES string of the molecule is Cc1ccc(OCCNc2ccc(F)cc2)c(Br)c1. The summed E-state index contributed by atoms with van der Waals surface area (Å²) in [7, 11) is 0. The highest BCUT2D eigenvalue weighted by Crippen LogP contribution is 2.25. The van der Waals surface area contributed by atoms with Crippen molar-refractivity contribution in [3.8, 4) is 5.75 Å². The number of aryl methyl sites for hydroxylation is 1. The quantitative estimate of drug-likeness (QED) is 0.824. The summed E-state index contributed by atoms with van der Waals surface area (Å²) in [6, 6.07) is 12.2. The van der Waals surface area contributed by atoms with Crippen molar-refractivity contribution in [3.63, 3.8) is 0 Å². The van der Waals surface area contributed by atoms with Crippen LogP contribution in [0.5, 0.6) is 5.75 Å². The molecule has 1 N–H and O–H groups in total. The third-order valence-corrected chi connectivity index (χ3v) is 3.24. The van der Waals surface area contributed by atoms with Crippen LogP contribution in [0.4, 0.5) is 10.1 Å². The number of hydrogen-bond acceptors (Lipinski definition) is 2. The zero-order valence-electron chi connectivity index (χ0n) is 10.6. The molecular formula is C15H15BrFNO. The molecule has 0 aliphatic carbocycles. The fourth-order valence-electron chi connectivity index (χ4n) is 1.65. The predicted octanol–water partition coefficient (Wildman–Crippen LogP) is 4.39. The number of ether oxygens (including phenoxy) is 1. The summed E-state index contributed by atoms with van der Waals surface area (Å²) in [4.78, 5) is 0. The molecule has 0 fully saturated rings. The van der Waals surface area contributed by atoms with Crippen molar-refractivity contribution < 1.29 is 9.13 Å². The second-order valence-electron chi connectivity index (χ2n) is 4.22. The van der Waals surface area contributed by atoms with E-state index in [1.54, 1.807) is 12.1 Å². The number of anilines is 1. The Morgan fingerprint density at radius 2 is 1.89 bits per heavy atom. The molecule has 0 heterocycles. The van der Waals surface area contributed by atoms with Gasteiger partial charge in [0.2, 0.25) is 0 Å². The molecule has 2 aromatic carbocycles. The van der Waals surface area contributed by atoms with E-state index in [0.29, 0.717) is 13.2 Å². The molecule has 4 heteroatoms. The summed E-state index contributed by atoms with van der Waals surface area (Å²) in [6.45, 7) is 3.23. The van der Waals surface area contributed by atoms with E-state index in [9.17, 15) is 4.39 Å². The Bertz CT molecular complexity index is 542. The van der Waals surface area contributed by atoms with Crippen LogP contribution >= 0.6 is 15.9 Å². The average molecular weight is 324 g/mol. The second kappa shape index (κ2) is 6.57. The van der Waals surface area contributed by atoms with Crippen molar-refractivity contribution in [3.05, 3.63) is 58.3 Å². The molecule has 0 aromatic heterocycles. The van der Waals surface area contributed by atoms with E-state index in [0.717, 1.165) is 15.9 Å². The van der Waals surface area contributed by atoms with E-state index in [-0.39, 0.29) is 5.82 Å². The Morgan fingerprint density at radius 1 is 1.16 bits per heavy atom. The van der Waals surface area contributed by atoms with Crippen LogP contribution in [0.1, 0.15) is 5.56 Å². The number of hydrogen-bond donors (Lipinski definition) is 1. The molecule has 0 aliphatic heterocycles. The predicted molar refractivity (Wildman–Crippen MR) is 79.3 cm³/mol. The monoisotopic (exact) mass is 323 g/mol. The van der Waals surface area contributed by atoms with Crippen LogP contribution in [-0.4, -0.2) is 13.2 Å². The summed E-state index contributed by atoms with van der Waals surface area (Å²) in [5.41, 5.74) is 2.07. The number of benzene rings is 2. The lowest BCUT2D eigenvalue weighted by Crippen LogP contribution is -2.11. The van der Waals surface area contributed by atoms with Gasteiger partial charge < -0.3 is 10.1 Å². The minimum absolute atomic E-state index is 0.231. The lowest BCUT2D eigenvalue weighted by Gasteiger charge is -2.10. The first-order valence-corrected chi connectivity index (χ1v) is 6.83. The molecule has 0 spiro atoms. The topological polar surface area (TPSA) is 21.3 Å². The molecule has 19 heavy (non-hydrogen) atoms. The van der Waals surface area contributed by atoms with Crippen molar-refractivity contribution in [2.24, 2.45) is 0 Å². The zero-order chi connectivity index (χ0) is 13.7. The fourth-order valence-corrected chi connectivity index (χ4v) is 2.25. The van der Waals surface area contributed by atoms with Crippen LogP contribution in [0.15, 0.2) is 46.9 Å². The molecule has 100 valence electrons. The number of halogens is 2. The van der Waals surface area contributed by atoms with Gasteiger partial charge in [0.1, 0.15) is 18.2 Å². The molecule has 0 bridgehead atoms. The van der Waals surface area contributed by atoms with Crippen LogP contribution in [0, 0.1) is 12.7 Å². The van der Waals surface area contributed by atoms with Crippen molar-refractivity contribution in [2.75, 3.05) is 18.5 Å². The van der Waals surface area contributed by atoms with Gasteiger partial charge in [-0.2, -0.15) is 0 Å². The normalized spacial score (nSPS) is 10.3. The Labute approximate surface area is 120 Å². The molecule has 0 radical (unpaired) electrons. The minimum atomic E-state index is -0.231. The van der Waals surface area contributed by atoms with Crippen molar-refractivity contribution in [1.82, 2.24) is 0 Å². The Kier molecular flexibility index (Phi) is 4.80. The first-order chi connectivity index (χ1) is 9.15. The highest BCUT2D eigenvalue weighted by molar-refractivity contribution is 9.10. The molecule has 0 aliphatic rings. The molecule has 2 aromatic rings. The first-order valence-electron chi connectivity index (χ1n) is 6.03. The van der Waals surface area contributed by atoms with E-state index < -0.39 is 0 Å². The van der Waals surface area contributed by atoms with Gasteiger partial charge in [0, 0.05) is 12.2 Å². The summed E-state index contributed by atoms with van der Waals surface area (Å²) in [5.74, 6) is 0.594. The molecule has 0 amide bonds. The molecule has 0 saturated heterocycles. The van der Waals surface area contributed by atoms with Gasteiger partial charge in [-0.3, -0.25) is 0 Å². The van der Waals surface area contributed by atoms with Gasteiger partial charge in [-0.25, -0.2) is 4.39 Å². The maximum Gasteiger partial charge on any atom is 0.133 e. The number of rotatable bonds is 5. The van der Waals surface area contributed by atoms with Crippen LogP contribution < -0.4 is 10.1 Å². The largest absolute Gasteiger partial charge is 0.491 e. The molecular weight excluding hydrogens is 309 g/mol. The van der Waals surface area contributed by atoms with Gasteiger partial charge in [-0.15, -0.1) is 0 Å². The van der Waals surface area contributed by atoms with E-state index in [1.165, 1.54) is 17.7 Å². The van der Waals surface area contributed by atoms with Gasteiger partial charge in [0.25, 0.3) is 0 Å². The maximum atomic E-state index is 12.7. The standard InChI is InChI=1S/C15H15BrFNO/c1-11-2-7-15(14(16)10-11)19-9-8-18-13-5-3-12(17)4-6-13/h2-7,10,18H,8-9H2,1H3. The Hall–Kier alpha value is -1.55. The zero-order valence-corrected chi connectivity index (χ0v) is 12.2. The minimum Gasteiger partial charge on any atom is -0.491 e. The van der Waals surface area contributed by atoms with E-state index in [2.05, 4.69) is 21.2 Å². The lowest BCUT2D eigenvalue weighted by molar-refractivity contribution is 0.331. The van der Waals surface area contributed by atoms with Crippen molar-refractivity contribution in [1.29, 1.82) is 0 Å². The number of nitrogens with one attached hydrogen (secondary N) is 1. The van der Waals surface area contributed by atoms with Crippen LogP contribution in [0.2, 0.25) is 0 Å². The lowest BCUT2D eigenvalue weighted by atomic mass is 10.2. The smallest absolute Gasteiger partial charge is 0.133 e. The van der Waals surface area contributed by atoms with Crippen LogP contribution in [0.25, 0.3) is 0 Å². The molecule has 0 unspecified atom stereocenters. The van der Waals surface area contributed by atoms with E-state index in [1.807, 2.05) is 25.1 Å². The summed E-state index contributed by atoms with van der Waals surface area (Å²) in [6.07, 6.45) is 0. The summed E-state index contributed by atoms with van der Waals surface area (Å²) < 4.78 is 19.3. The van der Waals surface area contributed by atoms with Crippen molar-refractivity contribution >= 4 is 21.6 Å². The Balaban J connectivity index is 1.79. The third-order valence-electron chi connectivity index (χ3n) is 2.62. The maximum absolute atomic E-state index is 12.7. The second-order valence-corrected chi connectivity index (χ2v) is 5.07. The van der Waals surface area contributed by atoms with Crippen LogP contribution in [0.3, 0.4) is 0 Å². The molecule has 0 atom stereocenters. The van der Waals surface area contributed by atoms with E-state index >= 15 is 0 Å². The first kappa shape index (κ1) is 13.9. The van der Waals surface area contributed by atoms with Gasteiger partial charge in [-0.05, 0) is 64.8 Å². The summed E-state index contributed by atoms with van der Waals surface area (Å²) in [5, 5.41) is 3.17. The average Bonchev–Trinajstić information content (AvgIpc) is 2.39. The van der Waals surface area contributed by atoms with Gasteiger partial charge in [0.15, 0.2) is 0 Å².